The first kappa shape index (κ1) is 22.5. The van der Waals surface area contributed by atoms with E-state index in [2.05, 4.69) is 5.32 Å². The molecule has 1 aliphatic carbocycles. The van der Waals surface area contributed by atoms with E-state index >= 15 is 0 Å². The van der Waals surface area contributed by atoms with Crippen LogP contribution < -0.4 is 5.32 Å². The van der Waals surface area contributed by atoms with Crippen molar-refractivity contribution in [2.45, 2.75) is 44.6 Å². The molecule has 1 aliphatic heterocycles. The highest BCUT2D eigenvalue weighted by atomic mass is 32.1. The fourth-order valence-electron chi connectivity index (χ4n) is 3.76. The number of amides is 2. The Balaban J connectivity index is 1.35. The van der Waals surface area contributed by atoms with Crippen LogP contribution in [0.25, 0.3) is 0 Å². The van der Waals surface area contributed by atoms with Crippen LogP contribution in [0.2, 0.25) is 0 Å². The molecule has 1 N–H and O–H groups in total. The largest absolute Gasteiger partial charge is 0.462 e. The molecule has 2 aromatic heterocycles. The standard InChI is InChI=1S/C22H24N2O6S2/c1-2-29-22(28)18-14(13-7-8-13)12-32-19(18)23-17(25)11-30-21(27)15-5-3-9-24(15)20(26)16-6-4-10-31-16/h4,6,10,12-13,15H,2-3,5,7-9,11H2,1H3,(H,23,25)/t15-/m0/s1. The predicted octanol–water partition coefficient (Wildman–Crippen LogP) is 3.65. The number of rotatable bonds is 8. The molecule has 1 saturated heterocycles. The number of esters is 2. The van der Waals surface area contributed by atoms with Crippen LogP contribution in [0, 0.1) is 0 Å². The highest BCUT2D eigenvalue weighted by Gasteiger charge is 2.36. The molecule has 1 atom stereocenters. The Hall–Kier alpha value is -2.72. The Bertz CT molecular complexity index is 1010. The summed E-state index contributed by atoms with van der Waals surface area (Å²) < 4.78 is 10.4. The molecule has 10 heteroatoms. The number of ether oxygens (including phenoxy) is 2. The minimum atomic E-state index is -0.698. The number of anilines is 1. The Kier molecular flexibility index (Phi) is 6.90. The van der Waals surface area contributed by atoms with E-state index < -0.39 is 30.5 Å². The Morgan fingerprint density at radius 2 is 1.97 bits per heavy atom. The van der Waals surface area contributed by atoms with E-state index in [0.29, 0.717) is 40.7 Å². The molecule has 0 aromatic carbocycles. The van der Waals surface area contributed by atoms with Crippen LogP contribution >= 0.6 is 22.7 Å². The molecule has 2 aromatic rings. The minimum Gasteiger partial charge on any atom is -0.462 e. The maximum absolute atomic E-state index is 12.6. The van der Waals surface area contributed by atoms with E-state index in [1.807, 2.05) is 10.8 Å². The van der Waals surface area contributed by atoms with E-state index in [4.69, 9.17) is 9.47 Å². The number of hydrogen-bond acceptors (Lipinski definition) is 8. The Labute approximate surface area is 193 Å². The molecule has 0 spiro atoms. The normalized spacial score (nSPS) is 17.8. The molecule has 1 saturated carbocycles. The third-order valence-electron chi connectivity index (χ3n) is 5.43. The lowest BCUT2D eigenvalue weighted by Crippen LogP contribution is -2.41. The lowest BCUT2D eigenvalue weighted by molar-refractivity contribution is -0.151. The second kappa shape index (κ2) is 9.83. The topological polar surface area (TPSA) is 102 Å². The lowest BCUT2D eigenvalue weighted by atomic mass is 10.1. The van der Waals surface area contributed by atoms with Crippen LogP contribution in [0.15, 0.2) is 22.9 Å². The molecular weight excluding hydrogens is 452 g/mol. The molecule has 0 bridgehead atoms. The highest BCUT2D eigenvalue weighted by molar-refractivity contribution is 7.15. The first-order chi connectivity index (χ1) is 15.5. The van der Waals surface area contributed by atoms with Gasteiger partial charge in [0.1, 0.15) is 11.0 Å². The van der Waals surface area contributed by atoms with Crippen molar-refractivity contribution in [2.75, 3.05) is 25.1 Å². The summed E-state index contributed by atoms with van der Waals surface area (Å²) in [5.41, 5.74) is 1.29. The van der Waals surface area contributed by atoms with Crippen molar-refractivity contribution in [3.63, 3.8) is 0 Å². The van der Waals surface area contributed by atoms with Crippen molar-refractivity contribution in [1.82, 2.24) is 4.90 Å². The lowest BCUT2D eigenvalue weighted by Gasteiger charge is -2.22. The maximum Gasteiger partial charge on any atom is 0.341 e. The van der Waals surface area contributed by atoms with Gasteiger partial charge in [0.15, 0.2) is 6.61 Å². The zero-order chi connectivity index (χ0) is 22.7. The number of hydrogen-bond donors (Lipinski definition) is 1. The quantitative estimate of drug-likeness (QED) is 0.584. The number of thiophene rings is 2. The number of likely N-dealkylation sites (tertiary alicyclic amines) is 1. The Morgan fingerprint density at radius 3 is 2.66 bits per heavy atom. The van der Waals surface area contributed by atoms with Crippen LogP contribution in [-0.2, 0) is 19.1 Å². The molecule has 170 valence electrons. The maximum atomic E-state index is 12.6. The van der Waals surface area contributed by atoms with Crippen LogP contribution in [0.1, 0.15) is 64.1 Å². The van der Waals surface area contributed by atoms with Gasteiger partial charge in [-0.25, -0.2) is 9.59 Å². The number of nitrogens with one attached hydrogen (secondary N) is 1. The average molecular weight is 477 g/mol. The Morgan fingerprint density at radius 1 is 1.16 bits per heavy atom. The second-order valence-corrected chi connectivity index (χ2v) is 9.51. The molecule has 2 fully saturated rings. The smallest absolute Gasteiger partial charge is 0.341 e. The highest BCUT2D eigenvalue weighted by Crippen LogP contribution is 2.46. The van der Waals surface area contributed by atoms with E-state index in [9.17, 15) is 19.2 Å². The van der Waals surface area contributed by atoms with Gasteiger partial charge in [0.05, 0.1) is 17.0 Å². The summed E-state index contributed by atoms with van der Waals surface area (Å²) in [5.74, 6) is -1.48. The van der Waals surface area contributed by atoms with Gasteiger partial charge in [-0.3, -0.25) is 9.59 Å². The van der Waals surface area contributed by atoms with Crippen molar-refractivity contribution in [3.05, 3.63) is 38.9 Å². The third-order valence-corrected chi connectivity index (χ3v) is 7.20. The number of nitrogens with zero attached hydrogens (tertiary/aromatic N) is 1. The van der Waals surface area contributed by atoms with E-state index in [0.717, 1.165) is 18.4 Å². The van der Waals surface area contributed by atoms with Gasteiger partial charge in [-0.15, -0.1) is 22.7 Å². The summed E-state index contributed by atoms with van der Waals surface area (Å²) in [6.07, 6.45) is 3.22. The SMILES string of the molecule is CCOC(=O)c1c(C2CC2)csc1NC(=O)COC(=O)[C@@H]1CCCN1C(=O)c1cccs1. The second-order valence-electron chi connectivity index (χ2n) is 7.68. The van der Waals surface area contributed by atoms with Gasteiger partial charge in [0, 0.05) is 6.54 Å². The molecule has 0 radical (unpaired) electrons. The summed E-state index contributed by atoms with van der Waals surface area (Å²) in [6, 6.07) is 2.81. The zero-order valence-corrected chi connectivity index (χ0v) is 19.3. The monoisotopic (exact) mass is 476 g/mol. The molecule has 8 nitrogen and oxygen atoms in total. The molecular formula is C22H24N2O6S2. The molecule has 0 unspecified atom stereocenters. The number of carbonyl (C=O) groups excluding carboxylic acids is 4. The van der Waals surface area contributed by atoms with Crippen LogP contribution in [-0.4, -0.2) is 54.5 Å². The van der Waals surface area contributed by atoms with Crippen molar-refractivity contribution in [1.29, 1.82) is 0 Å². The molecule has 2 amide bonds. The van der Waals surface area contributed by atoms with Crippen molar-refractivity contribution in [2.24, 2.45) is 0 Å². The molecule has 2 aliphatic rings. The van der Waals surface area contributed by atoms with Crippen LogP contribution in [0.3, 0.4) is 0 Å². The fourth-order valence-corrected chi connectivity index (χ4v) is 5.49. The van der Waals surface area contributed by atoms with E-state index in [1.165, 1.54) is 27.6 Å². The van der Waals surface area contributed by atoms with Crippen molar-refractivity contribution < 1.29 is 28.7 Å². The van der Waals surface area contributed by atoms with Gasteiger partial charge in [-0.2, -0.15) is 0 Å². The molecule has 32 heavy (non-hydrogen) atoms. The van der Waals surface area contributed by atoms with Gasteiger partial charge >= 0.3 is 11.9 Å². The minimum absolute atomic E-state index is 0.200. The molecule has 3 heterocycles. The third kappa shape index (κ3) is 4.86. The summed E-state index contributed by atoms with van der Waals surface area (Å²) in [4.78, 5) is 52.1. The first-order valence-corrected chi connectivity index (χ1v) is 12.3. The first-order valence-electron chi connectivity index (χ1n) is 10.6. The molecule has 4 rings (SSSR count). The average Bonchev–Trinajstić information content (AvgIpc) is 3.18. The van der Waals surface area contributed by atoms with E-state index in [1.54, 1.807) is 19.1 Å². The summed E-state index contributed by atoms with van der Waals surface area (Å²) >= 11 is 2.59. The summed E-state index contributed by atoms with van der Waals surface area (Å²) in [5, 5.41) is 6.77. The number of carbonyl (C=O) groups is 4. The fraction of sp³-hybridized carbons (Fsp3) is 0.455. The van der Waals surface area contributed by atoms with Crippen LogP contribution in [0.4, 0.5) is 5.00 Å². The van der Waals surface area contributed by atoms with E-state index in [-0.39, 0.29) is 12.5 Å². The predicted molar refractivity (Wildman–Crippen MR) is 120 cm³/mol. The zero-order valence-electron chi connectivity index (χ0n) is 17.6. The van der Waals surface area contributed by atoms with Gasteiger partial charge in [-0.05, 0) is 60.9 Å². The summed E-state index contributed by atoms with van der Waals surface area (Å²) in [6.45, 7) is 1.96. The summed E-state index contributed by atoms with van der Waals surface area (Å²) in [7, 11) is 0. The van der Waals surface area contributed by atoms with Gasteiger partial charge in [-0.1, -0.05) is 6.07 Å². The van der Waals surface area contributed by atoms with Gasteiger partial charge in [0.2, 0.25) is 0 Å². The van der Waals surface area contributed by atoms with Crippen LogP contribution in [0.5, 0.6) is 0 Å². The van der Waals surface area contributed by atoms with Crippen molar-refractivity contribution in [3.8, 4) is 0 Å². The van der Waals surface area contributed by atoms with Crippen molar-refractivity contribution >= 4 is 51.4 Å². The van der Waals surface area contributed by atoms with Gasteiger partial charge in [0.25, 0.3) is 11.8 Å². The van der Waals surface area contributed by atoms with Gasteiger partial charge < -0.3 is 19.7 Å².